The number of nitrogens with one attached hydrogen (secondary N) is 1. The zero-order valence-corrected chi connectivity index (χ0v) is 31.6. The summed E-state index contributed by atoms with van der Waals surface area (Å²) < 4.78 is 32.9. The van der Waals surface area contributed by atoms with Crippen LogP contribution in [0.15, 0.2) is 0 Å². The summed E-state index contributed by atoms with van der Waals surface area (Å²) in [5.74, 6) is -7.54. The highest BCUT2D eigenvalue weighted by atomic mass is 16.6. The second-order valence-electron chi connectivity index (χ2n) is 15.4. The van der Waals surface area contributed by atoms with Crippen molar-refractivity contribution in [2.24, 2.45) is 17.2 Å². The summed E-state index contributed by atoms with van der Waals surface area (Å²) in [5, 5.41) is 76.9. The largest absolute Gasteiger partial charge is 0.480 e. The highest BCUT2D eigenvalue weighted by Gasteiger charge is 2.58. The van der Waals surface area contributed by atoms with Gasteiger partial charge in [-0.15, -0.1) is 0 Å². The van der Waals surface area contributed by atoms with E-state index in [0.717, 1.165) is 6.42 Å². The maximum Gasteiger partial charge on any atom is 0.336 e. The number of hydrogen-bond acceptors (Lipinski definition) is 18. The van der Waals surface area contributed by atoms with Crippen molar-refractivity contribution in [3.63, 3.8) is 0 Å². The number of aliphatic hydroxyl groups is 2. The molecule has 0 aromatic carbocycles. The van der Waals surface area contributed by atoms with Crippen LogP contribution in [0.1, 0.15) is 57.8 Å². The Labute approximate surface area is 330 Å². The van der Waals surface area contributed by atoms with Crippen LogP contribution in [0.25, 0.3) is 0 Å². The van der Waals surface area contributed by atoms with E-state index in [1.54, 1.807) is 7.05 Å². The number of carboxylic acids is 6. The Balaban J connectivity index is 0.000000193. The predicted octanol–water partition coefficient (Wildman–Crippen LogP) is -4.12. The molecule has 0 spiro atoms. The van der Waals surface area contributed by atoms with Gasteiger partial charge in [0.15, 0.2) is 16.8 Å². The number of rotatable bonds is 13. The third kappa shape index (κ3) is 10.6. The molecular weight excluding hydrogens is 784 g/mol. The van der Waals surface area contributed by atoms with Crippen LogP contribution in [0.3, 0.4) is 0 Å². The van der Waals surface area contributed by atoms with Gasteiger partial charge in [-0.05, 0) is 19.9 Å². The fraction of sp³-hybridized carbons (Fsp3) is 0.824. The number of ether oxygens (including phenoxy) is 6. The fourth-order valence-corrected chi connectivity index (χ4v) is 8.15. The summed E-state index contributed by atoms with van der Waals surface area (Å²) in [4.78, 5) is 66.8. The van der Waals surface area contributed by atoms with Crippen LogP contribution in [0.5, 0.6) is 0 Å². The SMILES string of the molecule is CN[C@@H]1CCO[C@@H]2C[C@](C[C@H](N)C(=O)O)(C(=O)O)O[C@H]12.N[C@@H](C[C@]1(C(=O)O)C[C@H]2OCC[C@@H](O)[C@H]2O1)C(=O)O.N[C@@H](C[C@]1(C(=O)O)C[C@H]2OC[C@@H](O)C[C@H]2O1)C(=O)O. The molecule has 15 N–H and O–H groups in total. The average Bonchev–Trinajstić information content (AvgIpc) is 3.84. The lowest BCUT2D eigenvalue weighted by molar-refractivity contribution is -0.178. The molecule has 6 heterocycles. The van der Waals surface area contributed by atoms with Crippen molar-refractivity contribution in [3.8, 4) is 0 Å². The van der Waals surface area contributed by atoms with E-state index in [0.29, 0.717) is 19.6 Å². The maximum absolute atomic E-state index is 11.6. The van der Waals surface area contributed by atoms with Gasteiger partial charge in [-0.3, -0.25) is 14.4 Å². The molecule has 0 amide bonds. The van der Waals surface area contributed by atoms with Crippen LogP contribution in [-0.2, 0) is 57.2 Å². The molecule has 6 rings (SSSR count). The molecule has 0 aromatic rings. The second kappa shape index (κ2) is 19.2. The van der Waals surface area contributed by atoms with Crippen LogP contribution in [-0.4, -0.2) is 193 Å². The van der Waals surface area contributed by atoms with Crippen molar-refractivity contribution < 1.29 is 98.0 Å². The van der Waals surface area contributed by atoms with Crippen LogP contribution in [0.2, 0.25) is 0 Å². The second-order valence-corrected chi connectivity index (χ2v) is 15.4. The summed E-state index contributed by atoms with van der Waals surface area (Å²) in [6.45, 7) is 0.980. The zero-order valence-electron chi connectivity index (χ0n) is 31.6. The van der Waals surface area contributed by atoms with Crippen molar-refractivity contribution in [2.75, 3.05) is 26.9 Å². The first-order valence-corrected chi connectivity index (χ1v) is 18.7. The zero-order chi connectivity index (χ0) is 43.3. The Morgan fingerprint density at radius 1 is 0.603 bits per heavy atom. The number of nitrogens with two attached hydrogens (primary N) is 3. The Bertz CT molecular complexity index is 1520. The van der Waals surface area contributed by atoms with Crippen LogP contribution in [0, 0.1) is 0 Å². The van der Waals surface area contributed by atoms with E-state index in [1.165, 1.54) is 0 Å². The molecule has 58 heavy (non-hydrogen) atoms. The van der Waals surface area contributed by atoms with E-state index in [9.17, 15) is 54.3 Å². The average molecular weight is 839 g/mol. The van der Waals surface area contributed by atoms with Crippen LogP contribution < -0.4 is 22.5 Å². The molecule has 6 aliphatic rings. The standard InChI is InChI=1S/C12H20N2O6.2C11H17NO7/c1-14-7-2-3-19-8-5-12(11(17)18,20-9(7)8)4-6(13)10(15)16;12-6(9(14)15)2-11(10(16)17)3-8-7(19-11)1-5(13)4-18-8;12-5(9(14)15)3-11(10(16)17)4-7-8(19-11)6(13)1-2-18-7/h6-9,14H,2-5,13H2,1H3,(H,15,16)(H,17,18);2*5-8,13H,1-4,12H2,(H,14,15)(H,16,17)/t6-,7+,8+,9+,12+;5-,6-,7+,8+,11+;5-,6+,7+,8+,11+/m000/s1. The fourth-order valence-electron chi connectivity index (χ4n) is 8.15. The lowest BCUT2D eigenvalue weighted by atomic mass is 9.89. The molecule has 6 aliphatic heterocycles. The van der Waals surface area contributed by atoms with E-state index < -0.39 is 113 Å². The topological polar surface area (TPSA) is 410 Å². The molecule has 6 saturated heterocycles. The van der Waals surface area contributed by atoms with Crippen LogP contribution >= 0.6 is 0 Å². The molecule has 24 heteroatoms. The number of aliphatic carboxylic acids is 6. The number of carbonyl (C=O) groups is 6. The third-order valence-corrected chi connectivity index (χ3v) is 11.3. The van der Waals surface area contributed by atoms with Gasteiger partial charge >= 0.3 is 35.8 Å². The van der Waals surface area contributed by atoms with Gasteiger partial charge in [-0.2, -0.15) is 0 Å². The molecule has 0 aromatic heterocycles. The van der Waals surface area contributed by atoms with E-state index in [2.05, 4.69) is 5.32 Å². The Kier molecular flexibility index (Phi) is 15.5. The summed E-state index contributed by atoms with van der Waals surface area (Å²) in [7, 11) is 1.78. The van der Waals surface area contributed by atoms with Gasteiger partial charge in [-0.25, -0.2) is 14.4 Å². The minimum absolute atomic E-state index is 0.00368. The molecule has 15 atom stereocenters. The smallest absolute Gasteiger partial charge is 0.336 e. The van der Waals surface area contributed by atoms with Crippen molar-refractivity contribution in [1.29, 1.82) is 0 Å². The highest BCUT2D eigenvalue weighted by Crippen LogP contribution is 2.42. The molecular formula is C34H54N4O20. The quantitative estimate of drug-likeness (QED) is 0.0838. The number of hydrogen-bond donors (Lipinski definition) is 12. The molecule has 0 aliphatic carbocycles. The van der Waals surface area contributed by atoms with Gasteiger partial charge in [0.1, 0.15) is 30.3 Å². The van der Waals surface area contributed by atoms with Crippen molar-refractivity contribution in [2.45, 2.75) is 148 Å². The molecule has 0 unspecified atom stereocenters. The monoisotopic (exact) mass is 838 g/mol. The molecule has 330 valence electrons. The molecule has 6 fully saturated rings. The first-order valence-electron chi connectivity index (χ1n) is 18.7. The Morgan fingerprint density at radius 2 is 1.02 bits per heavy atom. The van der Waals surface area contributed by atoms with Crippen molar-refractivity contribution in [3.05, 3.63) is 0 Å². The van der Waals surface area contributed by atoms with Gasteiger partial charge in [-0.1, -0.05) is 0 Å². The Hall–Kier alpha value is -3.66. The van der Waals surface area contributed by atoms with E-state index in [1.807, 2.05) is 0 Å². The first-order chi connectivity index (χ1) is 27.1. The van der Waals surface area contributed by atoms with Gasteiger partial charge in [0, 0.05) is 64.2 Å². The maximum atomic E-state index is 11.6. The predicted molar refractivity (Wildman–Crippen MR) is 188 cm³/mol. The van der Waals surface area contributed by atoms with Crippen molar-refractivity contribution >= 4 is 35.8 Å². The molecule has 0 radical (unpaired) electrons. The van der Waals surface area contributed by atoms with Gasteiger partial charge in [0.25, 0.3) is 0 Å². The summed E-state index contributed by atoms with van der Waals surface area (Å²) >= 11 is 0. The van der Waals surface area contributed by atoms with Gasteiger partial charge < -0.3 is 91.8 Å². The minimum Gasteiger partial charge on any atom is -0.480 e. The first kappa shape index (κ1) is 47.0. The van der Waals surface area contributed by atoms with E-state index >= 15 is 0 Å². The number of likely N-dealkylation sites (N-methyl/N-ethyl adjacent to an activating group) is 1. The number of aliphatic hydroxyl groups excluding tert-OH is 2. The normalized spacial score (nSPS) is 39.1. The highest BCUT2D eigenvalue weighted by molar-refractivity contribution is 5.82. The summed E-state index contributed by atoms with van der Waals surface area (Å²) in [6.07, 6.45) is -3.97. The van der Waals surface area contributed by atoms with E-state index in [4.69, 9.17) is 60.9 Å². The minimum atomic E-state index is -1.71. The molecule has 0 saturated carbocycles. The lowest BCUT2D eigenvalue weighted by Crippen LogP contribution is -2.50. The summed E-state index contributed by atoms with van der Waals surface area (Å²) in [6, 6.07) is -3.94. The Morgan fingerprint density at radius 3 is 1.45 bits per heavy atom. The van der Waals surface area contributed by atoms with Crippen molar-refractivity contribution in [1.82, 2.24) is 5.32 Å². The van der Waals surface area contributed by atoms with Gasteiger partial charge in [0.05, 0.1) is 43.2 Å². The van der Waals surface area contributed by atoms with Gasteiger partial charge in [0.2, 0.25) is 0 Å². The number of carboxylic acid groups (broad SMARTS) is 6. The third-order valence-electron chi connectivity index (χ3n) is 11.3. The lowest BCUT2D eigenvalue weighted by Gasteiger charge is -2.33. The van der Waals surface area contributed by atoms with E-state index in [-0.39, 0.29) is 63.7 Å². The summed E-state index contributed by atoms with van der Waals surface area (Å²) in [5.41, 5.74) is 11.3. The molecule has 0 bridgehead atoms. The molecule has 24 nitrogen and oxygen atoms in total. The number of fused-ring (bicyclic) bond motifs is 3. The van der Waals surface area contributed by atoms with Crippen LogP contribution in [0.4, 0.5) is 0 Å².